The lowest BCUT2D eigenvalue weighted by atomic mass is 9.79. The van der Waals surface area contributed by atoms with E-state index in [1.165, 1.54) is 0 Å². The summed E-state index contributed by atoms with van der Waals surface area (Å²) in [4.78, 5) is 27.4. The molecule has 32 heavy (non-hydrogen) atoms. The van der Waals surface area contributed by atoms with Crippen LogP contribution in [0.15, 0.2) is 18.2 Å². The van der Waals surface area contributed by atoms with Crippen LogP contribution < -0.4 is 0 Å². The number of aromatic nitrogens is 1. The number of likely N-dealkylation sites (tertiary alicyclic amines) is 1. The summed E-state index contributed by atoms with van der Waals surface area (Å²) >= 11 is 0. The van der Waals surface area contributed by atoms with E-state index in [1.807, 2.05) is 30.0 Å². The average molecular weight is 462 g/mol. The normalized spacial score (nSPS) is 26.4. The summed E-state index contributed by atoms with van der Waals surface area (Å²) in [5.74, 6) is -2.78. The van der Waals surface area contributed by atoms with Gasteiger partial charge in [0.25, 0.3) is 0 Å². The monoisotopic (exact) mass is 462 g/mol. The Labute approximate surface area is 182 Å². The summed E-state index contributed by atoms with van der Waals surface area (Å²) in [6.07, 6.45) is -3.29. The summed E-state index contributed by atoms with van der Waals surface area (Å²) < 4.78 is 56.7. The van der Waals surface area contributed by atoms with Gasteiger partial charge < -0.3 is 19.5 Å². The maximum absolute atomic E-state index is 12.9. The Kier molecular flexibility index (Phi) is 7.39. The Balaban J connectivity index is 0.000000360. The maximum atomic E-state index is 12.9. The molecule has 3 aliphatic rings. The van der Waals surface area contributed by atoms with Crippen LogP contribution in [0.4, 0.5) is 17.6 Å². The topological polar surface area (TPSA) is 89.0 Å². The highest BCUT2D eigenvalue weighted by molar-refractivity contribution is 5.81. The molecule has 11 heteroatoms. The largest absolute Gasteiger partial charge is 0.490 e. The molecule has 1 atom stereocenters. The summed E-state index contributed by atoms with van der Waals surface area (Å²) in [6.45, 7) is 4.36. The second-order valence-electron chi connectivity index (χ2n) is 8.49. The van der Waals surface area contributed by atoms with Gasteiger partial charge in [0.15, 0.2) is 0 Å². The van der Waals surface area contributed by atoms with Crippen LogP contribution in [0.25, 0.3) is 0 Å². The van der Waals surface area contributed by atoms with Gasteiger partial charge in [-0.1, -0.05) is 6.07 Å². The van der Waals surface area contributed by atoms with Crippen molar-refractivity contribution in [3.63, 3.8) is 0 Å². The Morgan fingerprint density at radius 2 is 1.97 bits per heavy atom. The van der Waals surface area contributed by atoms with Crippen LogP contribution in [0, 0.1) is 12.8 Å². The first kappa shape index (κ1) is 24.4. The van der Waals surface area contributed by atoms with E-state index in [0.29, 0.717) is 39.1 Å². The number of aryl methyl sites for hydroxylation is 1. The van der Waals surface area contributed by atoms with E-state index in [-0.39, 0.29) is 23.5 Å². The van der Waals surface area contributed by atoms with E-state index in [0.717, 1.165) is 24.2 Å². The molecule has 2 saturated heterocycles. The fourth-order valence-corrected chi connectivity index (χ4v) is 4.04. The molecule has 0 radical (unpaired) electrons. The van der Waals surface area contributed by atoms with Crippen LogP contribution in [0.5, 0.6) is 0 Å². The van der Waals surface area contributed by atoms with Crippen molar-refractivity contribution in [2.24, 2.45) is 5.92 Å². The van der Waals surface area contributed by atoms with Gasteiger partial charge in [-0.25, -0.2) is 9.18 Å². The number of halogens is 4. The number of carbonyl (C=O) groups excluding carboxylic acids is 1. The molecule has 0 bridgehead atoms. The minimum absolute atomic E-state index is 0.0927. The SMILES string of the molecule is Cc1cccc(COC2CCOC3(C2)CN(C(=O)C2CC(F)C2)C3)n1.O=C(O)C(F)(F)F. The molecular formula is C21H26F4N2O5. The van der Waals surface area contributed by atoms with Gasteiger partial charge in [-0.15, -0.1) is 0 Å². The van der Waals surface area contributed by atoms with Crippen molar-refractivity contribution in [3.8, 4) is 0 Å². The molecule has 4 rings (SSSR count). The first-order chi connectivity index (χ1) is 15.0. The van der Waals surface area contributed by atoms with Gasteiger partial charge in [-0.05, 0) is 38.3 Å². The highest BCUT2D eigenvalue weighted by Crippen LogP contribution is 2.39. The van der Waals surface area contributed by atoms with Crippen LogP contribution in [-0.4, -0.2) is 70.6 Å². The molecule has 1 aromatic heterocycles. The van der Waals surface area contributed by atoms with Gasteiger partial charge in [0, 0.05) is 24.6 Å². The lowest BCUT2D eigenvalue weighted by molar-refractivity contribution is -0.206. The van der Waals surface area contributed by atoms with Crippen LogP contribution >= 0.6 is 0 Å². The molecule has 1 aromatic rings. The first-order valence-electron chi connectivity index (χ1n) is 10.4. The summed E-state index contributed by atoms with van der Waals surface area (Å²) in [5, 5.41) is 7.12. The zero-order valence-electron chi connectivity index (χ0n) is 17.6. The smallest absolute Gasteiger partial charge is 0.475 e. The van der Waals surface area contributed by atoms with E-state index in [1.54, 1.807) is 0 Å². The van der Waals surface area contributed by atoms with Crippen LogP contribution in [0.2, 0.25) is 0 Å². The van der Waals surface area contributed by atoms with E-state index < -0.39 is 18.3 Å². The highest BCUT2D eigenvalue weighted by atomic mass is 19.4. The Hall–Kier alpha value is -2.27. The minimum Gasteiger partial charge on any atom is -0.475 e. The van der Waals surface area contributed by atoms with Crippen LogP contribution in [0.1, 0.15) is 37.1 Å². The molecule has 1 spiro atoms. The van der Waals surface area contributed by atoms with Gasteiger partial charge >= 0.3 is 12.1 Å². The number of rotatable bonds is 4. The zero-order chi connectivity index (χ0) is 23.5. The highest BCUT2D eigenvalue weighted by Gasteiger charge is 2.51. The molecule has 7 nitrogen and oxygen atoms in total. The van der Waals surface area contributed by atoms with Crippen molar-refractivity contribution in [3.05, 3.63) is 29.6 Å². The molecule has 1 N–H and O–H groups in total. The molecule has 1 aliphatic carbocycles. The van der Waals surface area contributed by atoms with Crippen molar-refractivity contribution < 1.29 is 41.7 Å². The summed E-state index contributed by atoms with van der Waals surface area (Å²) in [6, 6.07) is 5.94. The van der Waals surface area contributed by atoms with E-state index in [9.17, 15) is 22.4 Å². The molecule has 3 fully saturated rings. The number of nitrogens with zero attached hydrogens (tertiary/aromatic N) is 2. The number of ether oxygens (including phenoxy) is 2. The number of hydrogen-bond acceptors (Lipinski definition) is 5. The van der Waals surface area contributed by atoms with Crippen molar-refractivity contribution >= 4 is 11.9 Å². The predicted octanol–water partition coefficient (Wildman–Crippen LogP) is 3.05. The third kappa shape index (κ3) is 6.16. The van der Waals surface area contributed by atoms with Gasteiger partial charge in [0.05, 0.1) is 31.5 Å². The second kappa shape index (κ2) is 9.70. The fourth-order valence-electron chi connectivity index (χ4n) is 4.04. The third-order valence-electron chi connectivity index (χ3n) is 5.80. The average Bonchev–Trinajstić information content (AvgIpc) is 2.67. The Morgan fingerprint density at radius 3 is 2.53 bits per heavy atom. The van der Waals surface area contributed by atoms with Crippen LogP contribution in [0.3, 0.4) is 0 Å². The van der Waals surface area contributed by atoms with Crippen molar-refractivity contribution in [2.45, 2.75) is 63.3 Å². The molecule has 1 unspecified atom stereocenters. The minimum atomic E-state index is -5.08. The van der Waals surface area contributed by atoms with Gasteiger partial charge in [-0.2, -0.15) is 13.2 Å². The van der Waals surface area contributed by atoms with Gasteiger partial charge in [0.2, 0.25) is 5.91 Å². The zero-order valence-corrected chi connectivity index (χ0v) is 17.6. The van der Waals surface area contributed by atoms with Crippen molar-refractivity contribution in [1.82, 2.24) is 9.88 Å². The number of carboxylic acids is 1. The quantitative estimate of drug-likeness (QED) is 0.692. The maximum Gasteiger partial charge on any atom is 0.490 e. The first-order valence-corrected chi connectivity index (χ1v) is 10.4. The lowest BCUT2D eigenvalue weighted by Gasteiger charge is -2.54. The van der Waals surface area contributed by atoms with E-state index >= 15 is 0 Å². The van der Waals surface area contributed by atoms with E-state index in [4.69, 9.17) is 19.4 Å². The standard InChI is InChI=1S/C19H25FN2O3.C2HF3O2/c1-13-3-2-4-16(21-13)10-24-17-5-6-25-19(9-17)11-22(12-19)18(23)14-7-15(20)8-14;3-2(4,5)1(6)7/h2-4,14-15,17H,5-12H2,1H3;(H,6,7). The van der Waals surface area contributed by atoms with Gasteiger partial charge in [0.1, 0.15) is 11.8 Å². The second-order valence-corrected chi connectivity index (χ2v) is 8.49. The molecule has 1 saturated carbocycles. The Bertz CT molecular complexity index is 823. The lowest BCUT2D eigenvalue weighted by Crippen LogP contribution is -2.68. The third-order valence-corrected chi connectivity index (χ3v) is 5.80. The number of hydrogen-bond donors (Lipinski definition) is 1. The molecule has 2 aliphatic heterocycles. The molecule has 1 amide bonds. The van der Waals surface area contributed by atoms with Gasteiger partial charge in [-0.3, -0.25) is 9.78 Å². The van der Waals surface area contributed by atoms with Crippen molar-refractivity contribution in [1.29, 1.82) is 0 Å². The predicted molar refractivity (Wildman–Crippen MR) is 103 cm³/mol. The van der Waals surface area contributed by atoms with E-state index in [2.05, 4.69) is 4.98 Å². The molecule has 178 valence electrons. The number of pyridine rings is 1. The number of carboxylic acid groups (broad SMARTS) is 1. The van der Waals surface area contributed by atoms with Crippen LogP contribution in [-0.2, 0) is 25.7 Å². The molecule has 3 heterocycles. The number of carbonyl (C=O) groups is 2. The Morgan fingerprint density at radius 1 is 1.31 bits per heavy atom. The fraction of sp³-hybridized carbons (Fsp3) is 0.667. The summed E-state index contributed by atoms with van der Waals surface area (Å²) in [7, 11) is 0. The van der Waals surface area contributed by atoms with Crippen molar-refractivity contribution in [2.75, 3.05) is 19.7 Å². The summed E-state index contributed by atoms with van der Waals surface area (Å²) in [5.41, 5.74) is 1.67. The molecular weight excluding hydrogens is 436 g/mol. The molecule has 0 aromatic carbocycles. The number of alkyl halides is 4. The number of amides is 1. The number of aliphatic carboxylic acids is 1.